The molecule has 36 heavy (non-hydrogen) atoms. The minimum atomic E-state index is -1.03. The van der Waals surface area contributed by atoms with Gasteiger partial charge < -0.3 is 9.64 Å². The topological polar surface area (TPSA) is 78.3 Å². The first-order valence-electron chi connectivity index (χ1n) is 11.4. The molecule has 4 rings (SSSR count). The van der Waals surface area contributed by atoms with Gasteiger partial charge >= 0.3 is 6.03 Å². The third-order valence-corrected chi connectivity index (χ3v) is 6.80. The van der Waals surface area contributed by atoms with Crippen molar-refractivity contribution in [1.82, 2.24) is 4.90 Å². The number of carbonyl (C=O) groups excluding carboxylic acids is 2. The lowest BCUT2D eigenvalue weighted by molar-refractivity contribution is -0.904. The molecular formula is C27H26ClN4O4+. The zero-order chi connectivity index (χ0) is 26.0. The van der Waals surface area contributed by atoms with Crippen LogP contribution in [0.3, 0.4) is 0 Å². The fourth-order valence-electron chi connectivity index (χ4n) is 4.18. The Morgan fingerprint density at radius 3 is 2.33 bits per heavy atom. The quantitative estimate of drug-likeness (QED) is 0.153. The number of benzene rings is 2. The van der Waals surface area contributed by atoms with Crippen LogP contribution >= 0.6 is 11.6 Å². The number of nitrogens with zero attached hydrogens (tertiary/aromatic N) is 4. The first-order chi connectivity index (χ1) is 17.1. The first-order valence-corrected chi connectivity index (χ1v) is 11.8. The van der Waals surface area contributed by atoms with E-state index in [-0.39, 0.29) is 16.6 Å². The van der Waals surface area contributed by atoms with E-state index in [2.05, 4.69) is 4.85 Å². The third-order valence-electron chi connectivity index (χ3n) is 6.32. The van der Waals surface area contributed by atoms with Gasteiger partial charge in [0.15, 0.2) is 0 Å². The summed E-state index contributed by atoms with van der Waals surface area (Å²) in [5.41, 5.74) is 2.12. The number of hydrogen-bond acceptors (Lipinski definition) is 4. The van der Waals surface area contributed by atoms with Crippen molar-refractivity contribution in [2.75, 3.05) is 18.1 Å². The van der Waals surface area contributed by atoms with Crippen LogP contribution < -0.4 is 14.4 Å². The van der Waals surface area contributed by atoms with E-state index in [4.69, 9.17) is 22.9 Å². The van der Waals surface area contributed by atoms with Crippen molar-refractivity contribution < 1.29 is 24.3 Å². The van der Waals surface area contributed by atoms with E-state index >= 15 is 0 Å². The number of anilines is 1. The van der Waals surface area contributed by atoms with Crippen molar-refractivity contribution in [1.29, 1.82) is 0 Å². The van der Waals surface area contributed by atoms with Crippen molar-refractivity contribution in [3.05, 3.63) is 82.9 Å². The number of halogens is 1. The van der Waals surface area contributed by atoms with Crippen molar-refractivity contribution in [3.63, 3.8) is 0 Å². The van der Waals surface area contributed by atoms with Gasteiger partial charge in [0.05, 0.1) is 23.9 Å². The number of amides is 3. The zero-order valence-electron chi connectivity index (χ0n) is 20.2. The smallest absolute Gasteiger partial charge is 0.332 e. The summed E-state index contributed by atoms with van der Waals surface area (Å²) < 4.78 is 6.84. The average molecular weight is 506 g/mol. The second-order valence-electron chi connectivity index (χ2n) is 8.98. The molecule has 2 heterocycles. The van der Waals surface area contributed by atoms with E-state index in [1.54, 1.807) is 44.1 Å². The molecule has 2 aromatic carbocycles. The van der Waals surface area contributed by atoms with Crippen LogP contribution in [0, 0.1) is 13.5 Å². The molecule has 0 bridgehead atoms. The van der Waals surface area contributed by atoms with Crippen LogP contribution in [-0.2, 0) is 4.79 Å². The summed E-state index contributed by atoms with van der Waals surface area (Å²) >= 11 is 6.29. The Morgan fingerprint density at radius 1 is 1.06 bits per heavy atom. The van der Waals surface area contributed by atoms with Gasteiger partial charge in [-0.1, -0.05) is 29.8 Å². The van der Waals surface area contributed by atoms with Crippen LogP contribution in [-0.4, -0.2) is 40.7 Å². The summed E-state index contributed by atoms with van der Waals surface area (Å²) in [7, 11) is 0. The van der Waals surface area contributed by atoms with Gasteiger partial charge in [-0.2, -0.15) is 0 Å². The van der Waals surface area contributed by atoms with E-state index in [0.717, 1.165) is 20.8 Å². The molecule has 3 amide bonds. The van der Waals surface area contributed by atoms with E-state index < -0.39 is 11.6 Å². The van der Waals surface area contributed by atoms with Crippen molar-refractivity contribution >= 4 is 34.9 Å². The summed E-state index contributed by atoms with van der Waals surface area (Å²) in [5, 5.41) is 9.60. The lowest BCUT2D eigenvalue weighted by Gasteiger charge is -2.27. The van der Waals surface area contributed by atoms with Crippen molar-refractivity contribution in [3.8, 4) is 16.9 Å². The summed E-state index contributed by atoms with van der Waals surface area (Å²) in [6.45, 7) is 13.1. The number of aromatic nitrogens is 1. The minimum Gasteiger partial charge on any atom is -0.494 e. The van der Waals surface area contributed by atoms with Gasteiger partial charge in [-0.15, -0.1) is 0 Å². The van der Waals surface area contributed by atoms with Crippen LogP contribution in [0.5, 0.6) is 5.75 Å². The maximum atomic E-state index is 13.3. The molecule has 9 heteroatoms. The second-order valence-corrected chi connectivity index (χ2v) is 9.36. The molecule has 0 unspecified atom stereocenters. The van der Waals surface area contributed by atoms with E-state index in [9.17, 15) is 14.8 Å². The SMILES string of the molecule is [C-]#[N+]c1ccc(N2C(=O)N(CCCOc3ccc(-c4cc[n+](O)cc4)cc3)C(C)(C)C2=O)c(C)c1Cl. The fourth-order valence-corrected chi connectivity index (χ4v) is 4.38. The highest BCUT2D eigenvalue weighted by Gasteiger charge is 2.51. The van der Waals surface area contributed by atoms with Crippen LogP contribution in [0.1, 0.15) is 25.8 Å². The largest absolute Gasteiger partial charge is 0.494 e. The predicted octanol–water partition coefficient (Wildman–Crippen LogP) is 5.41. The predicted molar refractivity (Wildman–Crippen MR) is 135 cm³/mol. The molecule has 0 atom stereocenters. The summed E-state index contributed by atoms with van der Waals surface area (Å²) in [6.07, 6.45) is 3.65. The molecule has 184 valence electrons. The zero-order valence-corrected chi connectivity index (χ0v) is 21.0. The number of imide groups is 1. The minimum absolute atomic E-state index is 0.239. The Hall–Kier alpha value is -4.09. The fraction of sp³-hybridized carbons (Fsp3) is 0.259. The number of hydrogen-bond donors (Lipinski definition) is 1. The number of carbonyl (C=O) groups is 2. The summed E-state index contributed by atoms with van der Waals surface area (Å²) in [4.78, 5) is 32.5. The van der Waals surface area contributed by atoms with Crippen LogP contribution in [0.15, 0.2) is 60.9 Å². The molecule has 3 aromatic rings. The molecule has 0 saturated carbocycles. The highest BCUT2D eigenvalue weighted by molar-refractivity contribution is 6.35. The molecule has 1 aliphatic heterocycles. The molecule has 1 saturated heterocycles. The van der Waals surface area contributed by atoms with Gasteiger partial charge in [0.1, 0.15) is 11.3 Å². The van der Waals surface area contributed by atoms with Crippen LogP contribution in [0.4, 0.5) is 16.2 Å². The molecule has 1 fully saturated rings. The third kappa shape index (κ3) is 4.58. The second kappa shape index (κ2) is 9.88. The number of pyridine rings is 1. The average Bonchev–Trinajstić information content (AvgIpc) is 3.03. The van der Waals surface area contributed by atoms with Gasteiger partial charge in [-0.3, -0.25) is 10.0 Å². The molecule has 1 N–H and O–H groups in total. The van der Waals surface area contributed by atoms with Gasteiger partial charge in [-0.25, -0.2) is 14.5 Å². The molecular weight excluding hydrogens is 480 g/mol. The molecule has 0 radical (unpaired) electrons. The number of rotatable bonds is 7. The van der Waals surface area contributed by atoms with E-state index in [1.165, 1.54) is 6.07 Å². The highest BCUT2D eigenvalue weighted by Crippen LogP contribution is 2.39. The first kappa shape index (κ1) is 25.0. The van der Waals surface area contributed by atoms with Crippen molar-refractivity contribution in [2.45, 2.75) is 32.7 Å². The van der Waals surface area contributed by atoms with Crippen LogP contribution in [0.2, 0.25) is 5.02 Å². The van der Waals surface area contributed by atoms with Gasteiger partial charge in [0.25, 0.3) is 5.91 Å². The Kier molecular flexibility index (Phi) is 6.86. The van der Waals surface area contributed by atoms with Crippen molar-refractivity contribution in [2.24, 2.45) is 0 Å². The number of urea groups is 1. The molecule has 8 nitrogen and oxygen atoms in total. The Labute approximate surface area is 214 Å². The van der Waals surface area contributed by atoms with Gasteiger partial charge in [0, 0.05) is 23.4 Å². The Balaban J connectivity index is 1.39. The summed E-state index contributed by atoms with van der Waals surface area (Å²) in [6, 6.07) is 13.9. The molecule has 0 spiro atoms. The lowest BCUT2D eigenvalue weighted by atomic mass is 10.0. The summed E-state index contributed by atoms with van der Waals surface area (Å²) in [5.74, 6) is 0.355. The highest BCUT2D eigenvalue weighted by atomic mass is 35.5. The van der Waals surface area contributed by atoms with E-state index in [0.29, 0.717) is 36.6 Å². The van der Waals surface area contributed by atoms with Crippen LogP contribution in [0.25, 0.3) is 16.0 Å². The maximum absolute atomic E-state index is 13.3. The lowest BCUT2D eigenvalue weighted by Crippen LogP contribution is -2.44. The normalized spacial score (nSPS) is 14.8. The van der Waals surface area contributed by atoms with Gasteiger partial charge in [0.2, 0.25) is 18.1 Å². The Morgan fingerprint density at radius 2 is 1.69 bits per heavy atom. The monoisotopic (exact) mass is 505 g/mol. The maximum Gasteiger partial charge on any atom is 0.332 e. The number of ether oxygens (including phenoxy) is 1. The molecule has 1 aromatic heterocycles. The molecule has 1 aliphatic rings. The molecule has 0 aliphatic carbocycles. The van der Waals surface area contributed by atoms with E-state index in [1.807, 2.05) is 36.4 Å². The standard InChI is InChI=1S/C27H26ClN4O4/c1-18-23(11-10-22(29-4)24(18)28)32-25(33)27(2,3)31(26(32)34)14-5-17-36-21-8-6-19(7-9-21)20-12-15-30(35)16-13-20/h6-13,15-16,35H,5,14,17H2,1-3H3/q+1. The van der Waals surface area contributed by atoms with Gasteiger partial charge in [-0.05, 0) is 62.1 Å². The Bertz CT molecular complexity index is 1350.